The fourth-order valence-electron chi connectivity index (χ4n) is 4.18. The topological polar surface area (TPSA) is 33.1 Å². The van der Waals surface area contributed by atoms with Crippen molar-refractivity contribution in [3.63, 3.8) is 0 Å². The number of aromatic nitrogens is 2. The molecule has 1 N–H and O–H groups in total. The Morgan fingerprint density at radius 3 is 3.00 bits per heavy atom. The molecule has 5 heteroatoms. The van der Waals surface area contributed by atoms with E-state index in [9.17, 15) is 0 Å². The zero-order chi connectivity index (χ0) is 16.7. The van der Waals surface area contributed by atoms with Crippen LogP contribution in [0.4, 0.5) is 5.82 Å². The zero-order valence-corrected chi connectivity index (χ0v) is 15.2. The van der Waals surface area contributed by atoms with Gasteiger partial charge < -0.3 is 5.32 Å². The van der Waals surface area contributed by atoms with E-state index in [2.05, 4.69) is 34.8 Å². The largest absolute Gasteiger partial charge is 0.369 e. The smallest absolute Gasteiger partial charge is 0.133 e. The number of rotatable bonds is 3. The lowest BCUT2D eigenvalue weighted by Crippen LogP contribution is -2.34. The number of fused-ring (bicyclic) bond motifs is 1. The summed E-state index contributed by atoms with van der Waals surface area (Å²) >= 11 is 6.13. The number of hydrogen-bond acceptors (Lipinski definition) is 3. The van der Waals surface area contributed by atoms with Gasteiger partial charge in [-0.2, -0.15) is 5.10 Å². The number of hydrogen-bond donors (Lipinski definition) is 1. The first-order valence-electron chi connectivity index (χ1n) is 9.05. The lowest BCUT2D eigenvalue weighted by atomic mass is 9.96. The molecule has 1 aromatic carbocycles. The first-order valence-corrected chi connectivity index (χ1v) is 9.43. The minimum Gasteiger partial charge on any atom is -0.369 e. The molecule has 4 nitrogen and oxygen atoms in total. The van der Waals surface area contributed by atoms with Crippen molar-refractivity contribution in [1.29, 1.82) is 0 Å². The van der Waals surface area contributed by atoms with Gasteiger partial charge in [0.05, 0.1) is 17.4 Å². The van der Waals surface area contributed by atoms with Gasteiger partial charge in [0.2, 0.25) is 0 Å². The molecular formula is C19H25ClN4. The third kappa shape index (κ3) is 2.62. The summed E-state index contributed by atoms with van der Waals surface area (Å²) in [5.41, 5.74) is 4.97. The Morgan fingerprint density at radius 2 is 2.21 bits per heavy atom. The molecule has 0 amide bonds. The summed E-state index contributed by atoms with van der Waals surface area (Å²) in [4.78, 5) is 2.59. The number of anilines is 1. The molecule has 2 aliphatic rings. The summed E-state index contributed by atoms with van der Waals surface area (Å²) in [5, 5.41) is 9.41. The fourth-order valence-corrected chi connectivity index (χ4v) is 4.41. The number of aryl methyl sites for hydroxylation is 1. The Bertz CT molecular complexity index is 752. The maximum atomic E-state index is 6.13. The first-order chi connectivity index (χ1) is 11.7. The van der Waals surface area contributed by atoms with Gasteiger partial charge in [0, 0.05) is 17.1 Å². The van der Waals surface area contributed by atoms with E-state index in [-0.39, 0.29) is 0 Å². The maximum absolute atomic E-state index is 6.13. The van der Waals surface area contributed by atoms with Crippen molar-refractivity contribution in [2.75, 3.05) is 25.0 Å². The van der Waals surface area contributed by atoms with Crippen molar-refractivity contribution in [3.8, 4) is 5.69 Å². The summed E-state index contributed by atoms with van der Waals surface area (Å²) in [5.74, 6) is 1.18. The highest BCUT2D eigenvalue weighted by molar-refractivity contribution is 6.30. The van der Waals surface area contributed by atoms with E-state index in [1.807, 2.05) is 12.1 Å². The lowest BCUT2D eigenvalue weighted by molar-refractivity contribution is 0.153. The fraction of sp³-hybridized carbons (Fsp3) is 0.526. The average molecular weight is 345 g/mol. The van der Waals surface area contributed by atoms with Gasteiger partial charge >= 0.3 is 0 Å². The van der Waals surface area contributed by atoms with E-state index in [1.54, 1.807) is 0 Å². The molecule has 2 aromatic rings. The van der Waals surface area contributed by atoms with Crippen molar-refractivity contribution in [2.45, 2.75) is 45.6 Å². The van der Waals surface area contributed by atoms with E-state index >= 15 is 0 Å². The lowest BCUT2D eigenvalue weighted by Gasteiger charge is -2.34. The molecule has 1 atom stereocenters. The molecule has 128 valence electrons. The van der Waals surface area contributed by atoms with Crippen molar-refractivity contribution >= 4 is 17.4 Å². The number of nitrogens with zero attached hydrogens (tertiary/aromatic N) is 3. The Morgan fingerprint density at radius 1 is 1.33 bits per heavy atom. The number of halogens is 1. The van der Waals surface area contributed by atoms with Gasteiger partial charge in [-0.3, -0.25) is 4.90 Å². The number of benzene rings is 1. The van der Waals surface area contributed by atoms with E-state index < -0.39 is 0 Å². The molecule has 1 saturated heterocycles. The molecule has 0 aliphatic carbocycles. The van der Waals surface area contributed by atoms with E-state index in [0.29, 0.717) is 6.04 Å². The second-order valence-electron chi connectivity index (χ2n) is 6.87. The van der Waals surface area contributed by atoms with Crippen molar-refractivity contribution in [2.24, 2.45) is 0 Å². The predicted octanol–water partition coefficient (Wildman–Crippen LogP) is 4.35. The normalized spacial score (nSPS) is 20.9. The molecule has 1 fully saturated rings. The van der Waals surface area contributed by atoms with Crippen LogP contribution in [-0.4, -0.2) is 34.3 Å². The number of piperidine rings is 1. The van der Waals surface area contributed by atoms with Crippen LogP contribution >= 0.6 is 11.6 Å². The molecule has 0 saturated carbocycles. The molecule has 0 spiro atoms. The second kappa shape index (κ2) is 6.41. The third-order valence-corrected chi connectivity index (χ3v) is 5.64. The summed E-state index contributed by atoms with van der Waals surface area (Å²) in [6.45, 7) is 7.65. The highest BCUT2D eigenvalue weighted by Crippen LogP contribution is 2.38. The summed E-state index contributed by atoms with van der Waals surface area (Å²) in [6, 6.07) is 6.50. The van der Waals surface area contributed by atoms with Crippen LogP contribution in [0.15, 0.2) is 18.2 Å². The van der Waals surface area contributed by atoms with Crippen LogP contribution in [0.3, 0.4) is 0 Å². The molecule has 4 rings (SSSR count). The van der Waals surface area contributed by atoms with E-state index in [4.69, 9.17) is 16.7 Å². The van der Waals surface area contributed by atoms with Gasteiger partial charge in [-0.1, -0.05) is 24.9 Å². The van der Waals surface area contributed by atoms with Crippen LogP contribution in [0.2, 0.25) is 5.02 Å². The van der Waals surface area contributed by atoms with E-state index in [0.717, 1.165) is 35.8 Å². The SMILES string of the molecule is CCN1CCCCC1c1nn(-c2ccc(Cl)cc2C)c2c1CCN2. The van der Waals surface area contributed by atoms with E-state index in [1.165, 1.54) is 42.9 Å². The molecule has 1 unspecified atom stereocenters. The molecular weight excluding hydrogens is 320 g/mol. The van der Waals surface area contributed by atoms with Gasteiger partial charge in [0.15, 0.2) is 0 Å². The minimum absolute atomic E-state index is 0.464. The summed E-state index contributed by atoms with van der Waals surface area (Å²) < 4.78 is 2.10. The van der Waals surface area contributed by atoms with Crippen molar-refractivity contribution < 1.29 is 0 Å². The van der Waals surface area contributed by atoms with Crippen LogP contribution < -0.4 is 5.32 Å². The number of likely N-dealkylation sites (tertiary alicyclic amines) is 1. The Kier molecular flexibility index (Phi) is 4.27. The van der Waals surface area contributed by atoms with Crippen LogP contribution in [0, 0.1) is 6.92 Å². The van der Waals surface area contributed by atoms with Gasteiger partial charge in [0.1, 0.15) is 5.82 Å². The minimum atomic E-state index is 0.464. The Balaban J connectivity index is 1.80. The molecule has 3 heterocycles. The van der Waals surface area contributed by atoms with Crippen molar-refractivity contribution in [1.82, 2.24) is 14.7 Å². The van der Waals surface area contributed by atoms with Crippen LogP contribution in [0.5, 0.6) is 0 Å². The second-order valence-corrected chi connectivity index (χ2v) is 7.31. The van der Waals surface area contributed by atoms with Gasteiger partial charge in [-0.05, 0) is 63.0 Å². The third-order valence-electron chi connectivity index (χ3n) is 5.40. The quantitative estimate of drug-likeness (QED) is 0.898. The van der Waals surface area contributed by atoms with Gasteiger partial charge in [-0.15, -0.1) is 0 Å². The molecule has 2 aliphatic heterocycles. The predicted molar refractivity (Wildman–Crippen MR) is 99.3 cm³/mol. The molecule has 1 aromatic heterocycles. The highest BCUT2D eigenvalue weighted by Gasteiger charge is 2.32. The highest BCUT2D eigenvalue weighted by atomic mass is 35.5. The average Bonchev–Trinajstić information content (AvgIpc) is 3.18. The number of nitrogens with one attached hydrogen (secondary N) is 1. The van der Waals surface area contributed by atoms with Gasteiger partial charge in [0.25, 0.3) is 0 Å². The summed E-state index contributed by atoms with van der Waals surface area (Å²) in [6.07, 6.45) is 4.90. The monoisotopic (exact) mass is 344 g/mol. The molecule has 24 heavy (non-hydrogen) atoms. The Hall–Kier alpha value is -1.52. The summed E-state index contributed by atoms with van der Waals surface area (Å²) in [7, 11) is 0. The zero-order valence-electron chi connectivity index (χ0n) is 14.5. The van der Waals surface area contributed by atoms with Crippen molar-refractivity contribution in [3.05, 3.63) is 40.0 Å². The Labute approximate surface area is 148 Å². The maximum Gasteiger partial charge on any atom is 0.133 e. The molecule has 0 radical (unpaired) electrons. The molecule has 0 bridgehead atoms. The van der Waals surface area contributed by atoms with Crippen LogP contribution in [0.1, 0.15) is 49.0 Å². The van der Waals surface area contributed by atoms with Gasteiger partial charge in [-0.25, -0.2) is 4.68 Å². The standard InChI is InChI=1S/C19H25ClN4/c1-3-23-11-5-4-6-17(23)18-15-9-10-21-19(15)24(22-18)16-8-7-14(20)12-13(16)2/h7-8,12,17,21H,3-6,9-11H2,1-2H3. The van der Waals surface area contributed by atoms with Crippen LogP contribution in [-0.2, 0) is 6.42 Å². The first kappa shape index (κ1) is 16.0. The van der Waals surface area contributed by atoms with Crippen LogP contribution in [0.25, 0.3) is 5.69 Å².